The van der Waals surface area contributed by atoms with E-state index in [0.717, 1.165) is 0 Å². The fourth-order valence-corrected chi connectivity index (χ4v) is 1.53. The lowest BCUT2D eigenvalue weighted by Crippen LogP contribution is -2.36. The van der Waals surface area contributed by atoms with Crippen LogP contribution in [0.15, 0.2) is 24.3 Å². The molecule has 0 heterocycles. The minimum Gasteiger partial charge on any atom is -0.475 e. The normalized spacial score (nSPS) is 10.7. The number of benzene rings is 1. The van der Waals surface area contributed by atoms with Crippen LogP contribution in [-0.4, -0.2) is 40.6 Å². The minimum atomic E-state index is -5.08. The Bertz CT molecular complexity index is 515. The maximum absolute atomic E-state index is 12.9. The van der Waals surface area contributed by atoms with Gasteiger partial charge in [-0.05, 0) is 39.0 Å². The van der Waals surface area contributed by atoms with Crippen molar-refractivity contribution in [3.8, 4) is 0 Å². The number of rotatable bonds is 3. The highest BCUT2D eigenvalue weighted by Gasteiger charge is 2.38. The van der Waals surface area contributed by atoms with Crippen LogP contribution in [0.1, 0.15) is 31.1 Å². The van der Waals surface area contributed by atoms with Crippen LogP contribution in [0, 0.1) is 5.82 Å². The number of aliphatic carboxylic acids is 1. The van der Waals surface area contributed by atoms with E-state index in [1.54, 1.807) is 17.0 Å². The lowest BCUT2D eigenvalue weighted by atomic mass is 10.1. The maximum Gasteiger partial charge on any atom is 0.490 e. The van der Waals surface area contributed by atoms with Crippen molar-refractivity contribution in [1.82, 2.24) is 4.90 Å². The molecule has 0 saturated carbocycles. The van der Waals surface area contributed by atoms with Crippen molar-refractivity contribution in [3.63, 3.8) is 0 Å². The van der Waals surface area contributed by atoms with Crippen molar-refractivity contribution in [2.75, 3.05) is 6.54 Å². The molecule has 0 aromatic heterocycles. The van der Waals surface area contributed by atoms with Crippen LogP contribution in [0.5, 0.6) is 0 Å². The third-order valence-electron chi connectivity index (χ3n) is 2.54. The number of nitrogens with zero attached hydrogens (tertiary/aromatic N) is 1. The van der Waals surface area contributed by atoms with Crippen molar-refractivity contribution in [1.29, 1.82) is 0 Å². The zero-order valence-corrected chi connectivity index (χ0v) is 12.3. The van der Waals surface area contributed by atoms with Gasteiger partial charge in [0.05, 0.1) is 0 Å². The molecule has 8 heteroatoms. The molecule has 22 heavy (non-hydrogen) atoms. The van der Waals surface area contributed by atoms with Gasteiger partial charge in [0, 0.05) is 18.2 Å². The molecule has 124 valence electrons. The van der Waals surface area contributed by atoms with Gasteiger partial charge in [-0.3, -0.25) is 4.79 Å². The van der Waals surface area contributed by atoms with Gasteiger partial charge in [0.25, 0.3) is 5.91 Å². The van der Waals surface area contributed by atoms with Crippen LogP contribution in [0.2, 0.25) is 0 Å². The zero-order valence-electron chi connectivity index (χ0n) is 12.3. The van der Waals surface area contributed by atoms with Crippen LogP contribution < -0.4 is 0 Å². The van der Waals surface area contributed by atoms with E-state index in [-0.39, 0.29) is 17.8 Å². The van der Waals surface area contributed by atoms with Gasteiger partial charge >= 0.3 is 12.1 Å². The van der Waals surface area contributed by atoms with E-state index in [0.29, 0.717) is 12.1 Å². The van der Waals surface area contributed by atoms with Gasteiger partial charge in [0.15, 0.2) is 0 Å². The number of hydrogen-bond acceptors (Lipinski definition) is 2. The summed E-state index contributed by atoms with van der Waals surface area (Å²) in [5.41, 5.74) is 0.408. The molecule has 1 aromatic carbocycles. The quantitative estimate of drug-likeness (QED) is 0.868. The lowest BCUT2D eigenvalue weighted by molar-refractivity contribution is -0.192. The maximum atomic E-state index is 12.9. The highest BCUT2D eigenvalue weighted by atomic mass is 19.4. The van der Waals surface area contributed by atoms with E-state index in [9.17, 15) is 22.4 Å². The Morgan fingerprint density at radius 3 is 2.09 bits per heavy atom. The van der Waals surface area contributed by atoms with E-state index >= 15 is 0 Å². The molecule has 0 atom stereocenters. The van der Waals surface area contributed by atoms with Gasteiger partial charge in [-0.1, -0.05) is 6.07 Å². The molecular formula is C14H17F4NO3. The smallest absolute Gasteiger partial charge is 0.475 e. The molecule has 1 aromatic rings. The summed E-state index contributed by atoms with van der Waals surface area (Å²) >= 11 is 0. The van der Waals surface area contributed by atoms with Crippen LogP contribution in [0.4, 0.5) is 17.6 Å². The van der Waals surface area contributed by atoms with Gasteiger partial charge in [-0.15, -0.1) is 0 Å². The van der Waals surface area contributed by atoms with Crippen molar-refractivity contribution in [2.45, 2.75) is 33.0 Å². The fourth-order valence-electron chi connectivity index (χ4n) is 1.53. The predicted octanol–water partition coefficient (Wildman–Crippen LogP) is 3.33. The first-order chi connectivity index (χ1) is 10.0. The molecule has 0 aliphatic rings. The first-order valence-electron chi connectivity index (χ1n) is 6.37. The van der Waals surface area contributed by atoms with Gasteiger partial charge < -0.3 is 10.0 Å². The summed E-state index contributed by atoms with van der Waals surface area (Å²) in [6.07, 6.45) is -5.08. The second-order valence-corrected chi connectivity index (χ2v) is 4.50. The molecule has 0 aliphatic carbocycles. The molecule has 1 amide bonds. The van der Waals surface area contributed by atoms with Gasteiger partial charge in [0.2, 0.25) is 0 Å². The van der Waals surface area contributed by atoms with E-state index in [4.69, 9.17) is 9.90 Å². The molecular weight excluding hydrogens is 306 g/mol. The van der Waals surface area contributed by atoms with Crippen molar-refractivity contribution >= 4 is 11.9 Å². The summed E-state index contributed by atoms with van der Waals surface area (Å²) in [4.78, 5) is 22.5. The average Bonchev–Trinajstić information content (AvgIpc) is 2.38. The highest BCUT2D eigenvalue weighted by molar-refractivity contribution is 5.94. The molecule has 0 unspecified atom stereocenters. The number of carboxylic acids is 1. The summed E-state index contributed by atoms with van der Waals surface area (Å²) in [5.74, 6) is -3.25. The molecule has 0 fully saturated rings. The molecule has 1 N–H and O–H groups in total. The largest absolute Gasteiger partial charge is 0.490 e. The van der Waals surface area contributed by atoms with Crippen LogP contribution in [0.25, 0.3) is 0 Å². The number of amides is 1. The first kappa shape index (κ1) is 19.9. The van der Waals surface area contributed by atoms with Crippen molar-refractivity contribution < 1.29 is 32.3 Å². The molecule has 4 nitrogen and oxygen atoms in total. The summed E-state index contributed by atoms with van der Waals surface area (Å²) in [7, 11) is 0. The van der Waals surface area contributed by atoms with E-state index < -0.39 is 12.1 Å². The SMILES string of the molecule is CCN(C(=O)c1cccc(F)c1)C(C)C.O=C(O)C(F)(F)F. The monoisotopic (exact) mass is 323 g/mol. The van der Waals surface area contributed by atoms with E-state index in [1.165, 1.54) is 12.1 Å². The number of alkyl halides is 3. The standard InChI is InChI=1S/C12H16FNO.C2HF3O2/c1-4-14(9(2)3)12(15)10-6-5-7-11(13)8-10;3-2(4,5)1(6)7/h5-9H,4H2,1-3H3;(H,6,7). The zero-order chi connectivity index (χ0) is 17.5. The highest BCUT2D eigenvalue weighted by Crippen LogP contribution is 2.13. The summed E-state index contributed by atoms with van der Waals surface area (Å²) in [6.45, 7) is 6.44. The van der Waals surface area contributed by atoms with Gasteiger partial charge in [-0.25, -0.2) is 9.18 Å². The fraction of sp³-hybridized carbons (Fsp3) is 0.429. The third kappa shape index (κ3) is 6.55. The Kier molecular flexibility index (Phi) is 7.55. The second-order valence-electron chi connectivity index (χ2n) is 4.50. The molecule has 0 saturated heterocycles. The Balaban J connectivity index is 0.000000534. The first-order valence-corrected chi connectivity index (χ1v) is 6.37. The molecule has 0 aliphatic heterocycles. The summed E-state index contributed by atoms with van der Waals surface area (Å²) in [5, 5.41) is 7.12. The van der Waals surface area contributed by atoms with Crippen LogP contribution in [-0.2, 0) is 4.79 Å². The summed E-state index contributed by atoms with van der Waals surface area (Å²) in [6, 6.07) is 5.92. The summed E-state index contributed by atoms with van der Waals surface area (Å²) < 4.78 is 44.7. The van der Waals surface area contributed by atoms with E-state index in [1.807, 2.05) is 20.8 Å². The van der Waals surface area contributed by atoms with Crippen molar-refractivity contribution in [2.24, 2.45) is 0 Å². The Labute approximate surface area is 125 Å². The van der Waals surface area contributed by atoms with Gasteiger partial charge in [-0.2, -0.15) is 13.2 Å². The lowest BCUT2D eigenvalue weighted by Gasteiger charge is -2.25. The number of carbonyl (C=O) groups is 2. The number of carboxylic acid groups (broad SMARTS) is 1. The molecule has 0 spiro atoms. The average molecular weight is 323 g/mol. The number of halogens is 4. The number of hydrogen-bond donors (Lipinski definition) is 1. The third-order valence-corrected chi connectivity index (χ3v) is 2.54. The minimum absolute atomic E-state index is 0.119. The Hall–Kier alpha value is -2.12. The van der Waals surface area contributed by atoms with Gasteiger partial charge in [0.1, 0.15) is 5.82 Å². The van der Waals surface area contributed by atoms with Crippen molar-refractivity contribution in [3.05, 3.63) is 35.6 Å². The second kappa shape index (κ2) is 8.35. The topological polar surface area (TPSA) is 57.6 Å². The Morgan fingerprint density at radius 2 is 1.77 bits per heavy atom. The predicted molar refractivity (Wildman–Crippen MR) is 71.9 cm³/mol. The molecule has 0 radical (unpaired) electrons. The molecule has 0 bridgehead atoms. The van der Waals surface area contributed by atoms with E-state index in [2.05, 4.69) is 0 Å². The van der Waals surface area contributed by atoms with Crippen LogP contribution >= 0.6 is 0 Å². The Morgan fingerprint density at radius 1 is 1.27 bits per heavy atom. The van der Waals surface area contributed by atoms with Crippen LogP contribution in [0.3, 0.4) is 0 Å². The number of carbonyl (C=O) groups excluding carboxylic acids is 1. The molecule has 1 rings (SSSR count).